The molecule has 32 heavy (non-hydrogen) atoms. The largest absolute Gasteiger partial charge is 0.433 e. The Hall–Kier alpha value is -2.52. The van der Waals surface area contributed by atoms with Gasteiger partial charge in [0.25, 0.3) is 5.91 Å². The van der Waals surface area contributed by atoms with Crippen LogP contribution in [0, 0.1) is 0 Å². The number of nitrogens with one attached hydrogen (secondary N) is 2. The molecule has 3 aromatic rings. The van der Waals surface area contributed by atoms with E-state index in [1.54, 1.807) is 19.3 Å². The summed E-state index contributed by atoms with van der Waals surface area (Å²) in [4.78, 5) is 16.3. The molecule has 0 saturated heterocycles. The van der Waals surface area contributed by atoms with Gasteiger partial charge >= 0.3 is 6.18 Å². The summed E-state index contributed by atoms with van der Waals surface area (Å²) in [6.45, 7) is 0. The Balaban J connectivity index is 1.54. The Morgan fingerprint density at radius 3 is 2.62 bits per heavy atom. The lowest BCUT2D eigenvalue weighted by atomic mass is 9.90. The maximum atomic E-state index is 13.4. The molecule has 0 unspecified atom stereocenters. The van der Waals surface area contributed by atoms with Crippen LogP contribution >= 0.6 is 23.2 Å². The molecule has 1 amide bonds. The summed E-state index contributed by atoms with van der Waals surface area (Å²) in [7, 11) is 1.67. The van der Waals surface area contributed by atoms with Crippen molar-refractivity contribution >= 4 is 45.7 Å². The smallest absolute Gasteiger partial charge is 0.382 e. The number of halogens is 5. The number of amides is 1. The van der Waals surface area contributed by atoms with Crippen molar-refractivity contribution in [1.29, 1.82) is 0 Å². The van der Waals surface area contributed by atoms with E-state index < -0.39 is 11.9 Å². The lowest BCUT2D eigenvalue weighted by Gasteiger charge is -2.31. The summed E-state index contributed by atoms with van der Waals surface area (Å²) < 4.78 is 41.6. The number of alkyl halides is 3. The van der Waals surface area contributed by atoms with E-state index in [1.807, 2.05) is 0 Å². The fourth-order valence-corrected chi connectivity index (χ4v) is 4.44. The van der Waals surface area contributed by atoms with Crippen LogP contribution in [0.2, 0.25) is 10.2 Å². The van der Waals surface area contributed by atoms with Crippen LogP contribution in [-0.2, 0) is 13.2 Å². The molecule has 2 atom stereocenters. The van der Waals surface area contributed by atoms with Gasteiger partial charge in [-0.2, -0.15) is 18.3 Å². The van der Waals surface area contributed by atoms with Crippen molar-refractivity contribution in [3.63, 3.8) is 0 Å². The normalized spacial score (nSPS) is 19.2. The number of fused-ring (bicyclic) bond motifs is 1. The molecule has 170 valence electrons. The lowest BCUT2D eigenvalue weighted by molar-refractivity contribution is -0.140. The van der Waals surface area contributed by atoms with Crippen LogP contribution in [0.4, 0.5) is 18.9 Å². The molecule has 0 bridgehead atoms. The van der Waals surface area contributed by atoms with Crippen molar-refractivity contribution in [2.45, 2.75) is 43.9 Å². The summed E-state index contributed by atoms with van der Waals surface area (Å²) in [5.41, 5.74) is -0.161. The second-order valence-electron chi connectivity index (χ2n) is 7.90. The first-order valence-electron chi connectivity index (χ1n) is 10.0. The number of carbonyl (C=O) groups excluding carboxylic acids is 1. The maximum Gasteiger partial charge on any atom is 0.433 e. The van der Waals surface area contributed by atoms with Gasteiger partial charge in [-0.25, -0.2) is 4.98 Å². The first kappa shape index (κ1) is 22.7. The Bertz CT molecular complexity index is 1160. The van der Waals surface area contributed by atoms with Crippen LogP contribution in [-0.4, -0.2) is 32.8 Å². The number of anilines is 1. The molecule has 0 radical (unpaired) electrons. The molecule has 1 aromatic carbocycles. The molecule has 11 heteroatoms. The zero-order chi connectivity index (χ0) is 23.0. The minimum atomic E-state index is -4.57. The minimum Gasteiger partial charge on any atom is -0.382 e. The zero-order valence-corrected chi connectivity index (χ0v) is 18.5. The highest BCUT2D eigenvalue weighted by atomic mass is 35.5. The molecule has 1 saturated carbocycles. The van der Waals surface area contributed by atoms with E-state index in [2.05, 4.69) is 20.7 Å². The van der Waals surface area contributed by atoms with E-state index >= 15 is 0 Å². The molecular weight excluding hydrogens is 466 g/mol. The SMILES string of the molecule is Cn1cc(C(=O)N[C@@H]2CCC[C@H](Nc3cc(C(F)(F)F)nc4ccc(Cl)cc34)C2)c(Cl)n1. The summed E-state index contributed by atoms with van der Waals surface area (Å²) >= 11 is 12.1. The molecule has 2 aromatic heterocycles. The van der Waals surface area contributed by atoms with E-state index in [-0.39, 0.29) is 34.2 Å². The number of hydrogen-bond acceptors (Lipinski definition) is 4. The van der Waals surface area contributed by atoms with Gasteiger partial charge in [-0.1, -0.05) is 23.2 Å². The van der Waals surface area contributed by atoms with Crippen molar-refractivity contribution < 1.29 is 18.0 Å². The van der Waals surface area contributed by atoms with Crippen molar-refractivity contribution in [3.8, 4) is 0 Å². The topological polar surface area (TPSA) is 71.8 Å². The van der Waals surface area contributed by atoms with Gasteiger partial charge < -0.3 is 10.6 Å². The summed E-state index contributed by atoms with van der Waals surface area (Å²) in [6.07, 6.45) is -0.156. The van der Waals surface area contributed by atoms with E-state index in [9.17, 15) is 18.0 Å². The number of hydrogen-bond donors (Lipinski definition) is 2. The number of pyridine rings is 1. The molecule has 2 heterocycles. The molecule has 1 aliphatic carbocycles. The molecule has 1 aliphatic rings. The number of carbonyl (C=O) groups is 1. The van der Waals surface area contributed by atoms with Crippen molar-refractivity contribution in [3.05, 3.63) is 51.9 Å². The van der Waals surface area contributed by atoms with Crippen LogP contribution in [0.1, 0.15) is 41.7 Å². The van der Waals surface area contributed by atoms with Crippen LogP contribution in [0.3, 0.4) is 0 Å². The fraction of sp³-hybridized carbons (Fsp3) is 0.381. The monoisotopic (exact) mass is 485 g/mol. The second-order valence-corrected chi connectivity index (χ2v) is 8.69. The van der Waals surface area contributed by atoms with Gasteiger partial charge in [0.1, 0.15) is 5.69 Å². The third-order valence-corrected chi connectivity index (χ3v) is 5.97. The van der Waals surface area contributed by atoms with E-state index in [0.29, 0.717) is 22.5 Å². The first-order chi connectivity index (χ1) is 15.1. The number of nitrogens with zero attached hydrogens (tertiary/aromatic N) is 3. The lowest BCUT2D eigenvalue weighted by Crippen LogP contribution is -2.41. The molecule has 6 nitrogen and oxygen atoms in total. The highest BCUT2D eigenvalue weighted by molar-refractivity contribution is 6.32. The molecule has 0 spiro atoms. The standard InChI is InChI=1S/C21H20Cl2F3N5O/c1-31-10-15(19(23)30-31)20(32)28-13-4-2-3-12(8-13)27-17-9-18(21(24,25)26)29-16-6-5-11(22)7-14(16)17/h5-7,9-10,12-13H,2-4,8H2,1H3,(H,27,29)(H,28,32)/t12-,13+/m0/s1. The Morgan fingerprint density at radius 2 is 1.94 bits per heavy atom. The van der Waals surface area contributed by atoms with E-state index in [1.165, 1.54) is 16.8 Å². The van der Waals surface area contributed by atoms with Crippen LogP contribution in [0.25, 0.3) is 10.9 Å². The highest BCUT2D eigenvalue weighted by Crippen LogP contribution is 2.35. The molecule has 1 fully saturated rings. The van der Waals surface area contributed by atoms with Gasteiger partial charge in [-0.15, -0.1) is 0 Å². The average Bonchev–Trinajstić information content (AvgIpc) is 3.06. The van der Waals surface area contributed by atoms with E-state index in [0.717, 1.165) is 25.3 Å². The van der Waals surface area contributed by atoms with Gasteiger partial charge in [-0.05, 0) is 49.9 Å². The predicted octanol–water partition coefficient (Wildman–Crippen LogP) is 5.45. The zero-order valence-electron chi connectivity index (χ0n) is 17.0. The number of benzene rings is 1. The van der Waals surface area contributed by atoms with Gasteiger partial charge in [0, 0.05) is 41.4 Å². The number of rotatable bonds is 4. The second kappa shape index (κ2) is 8.78. The number of aryl methyl sites for hydroxylation is 1. The van der Waals surface area contributed by atoms with Gasteiger partial charge in [0.15, 0.2) is 5.15 Å². The Morgan fingerprint density at radius 1 is 1.19 bits per heavy atom. The fourth-order valence-electron chi connectivity index (χ4n) is 4.01. The van der Waals surface area contributed by atoms with Crippen LogP contribution in [0.15, 0.2) is 30.5 Å². The molecule has 2 N–H and O–H groups in total. The van der Waals surface area contributed by atoms with Gasteiger partial charge in [-0.3, -0.25) is 9.48 Å². The summed E-state index contributed by atoms with van der Waals surface area (Å²) in [6, 6.07) is 5.30. The molecular formula is C21H20Cl2F3N5O. The summed E-state index contributed by atoms with van der Waals surface area (Å²) in [5, 5.41) is 11.2. The highest BCUT2D eigenvalue weighted by Gasteiger charge is 2.34. The predicted molar refractivity (Wildman–Crippen MR) is 117 cm³/mol. The summed E-state index contributed by atoms with van der Waals surface area (Å²) in [5.74, 6) is -0.325. The van der Waals surface area contributed by atoms with Crippen LogP contribution in [0.5, 0.6) is 0 Å². The van der Waals surface area contributed by atoms with Gasteiger partial charge in [0.05, 0.1) is 11.1 Å². The molecule has 4 rings (SSSR count). The molecule has 0 aliphatic heterocycles. The quantitative estimate of drug-likeness (QED) is 0.515. The van der Waals surface area contributed by atoms with Gasteiger partial charge in [0.2, 0.25) is 0 Å². The van der Waals surface area contributed by atoms with Crippen molar-refractivity contribution in [1.82, 2.24) is 20.1 Å². The first-order valence-corrected chi connectivity index (χ1v) is 10.8. The van der Waals surface area contributed by atoms with Crippen LogP contribution < -0.4 is 10.6 Å². The third kappa shape index (κ3) is 4.94. The maximum absolute atomic E-state index is 13.4. The van der Waals surface area contributed by atoms with Crippen molar-refractivity contribution in [2.24, 2.45) is 7.05 Å². The van der Waals surface area contributed by atoms with E-state index in [4.69, 9.17) is 23.2 Å². The Labute approximate surface area is 192 Å². The Kier molecular flexibility index (Phi) is 6.22. The number of aromatic nitrogens is 3. The van der Waals surface area contributed by atoms with Crippen molar-refractivity contribution in [2.75, 3.05) is 5.32 Å². The minimum absolute atomic E-state index is 0.121. The third-order valence-electron chi connectivity index (χ3n) is 5.46. The average molecular weight is 486 g/mol.